The number of ether oxygens (including phenoxy) is 2. The lowest BCUT2D eigenvalue weighted by Gasteiger charge is -2.05. The first-order chi connectivity index (χ1) is 10.7. The normalized spacial score (nSPS) is 10.6. The highest BCUT2D eigenvalue weighted by Crippen LogP contribution is 2.22. The molecule has 6 nitrogen and oxygen atoms in total. The van der Waals surface area contributed by atoms with Crippen LogP contribution in [0.3, 0.4) is 0 Å². The van der Waals surface area contributed by atoms with Crippen molar-refractivity contribution in [2.75, 3.05) is 7.11 Å². The fourth-order valence-electron chi connectivity index (χ4n) is 2.09. The van der Waals surface area contributed by atoms with E-state index in [1.54, 1.807) is 26.2 Å². The first-order valence-electron chi connectivity index (χ1n) is 6.70. The van der Waals surface area contributed by atoms with Gasteiger partial charge >= 0.3 is 5.97 Å². The predicted octanol–water partition coefficient (Wildman–Crippen LogP) is 2.90. The standard InChI is InChI=1S/C16H14N2O4/c1-10-17-15(22-18-10)9-21-16(19)13-4-3-12-8-14(20-2)6-5-11(12)7-13/h3-8H,9H2,1-2H3. The Bertz CT molecular complexity index is 826. The second kappa shape index (κ2) is 5.85. The molecule has 0 aliphatic heterocycles. The van der Waals surface area contributed by atoms with Crippen molar-refractivity contribution >= 4 is 16.7 Å². The average Bonchev–Trinajstić information content (AvgIpc) is 2.97. The Hall–Kier alpha value is -2.89. The van der Waals surface area contributed by atoms with Gasteiger partial charge in [0.2, 0.25) is 0 Å². The quantitative estimate of drug-likeness (QED) is 0.689. The zero-order valence-corrected chi connectivity index (χ0v) is 12.2. The number of carbonyl (C=O) groups excluding carboxylic acids is 1. The molecule has 0 aliphatic rings. The van der Waals surface area contributed by atoms with Crippen molar-refractivity contribution in [3.63, 3.8) is 0 Å². The highest BCUT2D eigenvalue weighted by atomic mass is 16.6. The van der Waals surface area contributed by atoms with Crippen molar-refractivity contribution in [1.29, 1.82) is 0 Å². The fourth-order valence-corrected chi connectivity index (χ4v) is 2.09. The average molecular weight is 298 g/mol. The number of fused-ring (bicyclic) bond motifs is 1. The molecule has 1 heterocycles. The summed E-state index contributed by atoms with van der Waals surface area (Å²) < 4.78 is 15.2. The van der Waals surface area contributed by atoms with Crippen molar-refractivity contribution in [2.24, 2.45) is 0 Å². The number of hydrogen-bond acceptors (Lipinski definition) is 6. The van der Waals surface area contributed by atoms with Gasteiger partial charge in [-0.3, -0.25) is 0 Å². The summed E-state index contributed by atoms with van der Waals surface area (Å²) in [7, 11) is 1.62. The first kappa shape index (κ1) is 14.1. The summed E-state index contributed by atoms with van der Waals surface area (Å²) in [6.45, 7) is 1.66. The van der Waals surface area contributed by atoms with Crippen molar-refractivity contribution in [2.45, 2.75) is 13.5 Å². The van der Waals surface area contributed by atoms with Crippen molar-refractivity contribution in [3.05, 3.63) is 53.7 Å². The van der Waals surface area contributed by atoms with Crippen LogP contribution in [-0.2, 0) is 11.3 Å². The van der Waals surface area contributed by atoms with Crippen LogP contribution in [0.5, 0.6) is 5.75 Å². The number of nitrogens with zero attached hydrogens (tertiary/aromatic N) is 2. The molecule has 3 rings (SSSR count). The number of aryl methyl sites for hydroxylation is 1. The Balaban J connectivity index is 1.76. The SMILES string of the molecule is COc1ccc2cc(C(=O)OCc3nc(C)no3)ccc2c1. The second-order valence-corrected chi connectivity index (χ2v) is 4.74. The number of esters is 1. The van der Waals surface area contributed by atoms with Crippen molar-refractivity contribution < 1.29 is 18.8 Å². The summed E-state index contributed by atoms with van der Waals surface area (Å²) >= 11 is 0. The molecule has 0 radical (unpaired) electrons. The van der Waals surface area contributed by atoms with E-state index in [-0.39, 0.29) is 12.5 Å². The molecule has 3 aromatic rings. The zero-order valence-electron chi connectivity index (χ0n) is 12.2. The molecular formula is C16H14N2O4. The Morgan fingerprint density at radius 3 is 2.68 bits per heavy atom. The topological polar surface area (TPSA) is 74.5 Å². The van der Waals surface area contributed by atoms with Gasteiger partial charge in [-0.05, 0) is 42.0 Å². The third kappa shape index (κ3) is 2.90. The summed E-state index contributed by atoms with van der Waals surface area (Å²) in [5.41, 5.74) is 0.467. The first-order valence-corrected chi connectivity index (χ1v) is 6.70. The van der Waals surface area contributed by atoms with Gasteiger partial charge in [-0.15, -0.1) is 0 Å². The zero-order chi connectivity index (χ0) is 15.5. The highest BCUT2D eigenvalue weighted by molar-refractivity contribution is 5.95. The van der Waals surface area contributed by atoms with Crippen LogP contribution >= 0.6 is 0 Å². The van der Waals surface area contributed by atoms with Gasteiger partial charge in [0.15, 0.2) is 12.4 Å². The molecule has 0 aliphatic carbocycles. The third-order valence-electron chi connectivity index (χ3n) is 3.18. The van der Waals surface area contributed by atoms with Crippen LogP contribution in [0, 0.1) is 6.92 Å². The molecule has 6 heteroatoms. The van der Waals surface area contributed by atoms with Crippen molar-refractivity contribution in [3.8, 4) is 5.75 Å². The Morgan fingerprint density at radius 2 is 1.95 bits per heavy atom. The maximum Gasteiger partial charge on any atom is 0.338 e. The van der Waals surface area contributed by atoms with E-state index < -0.39 is 5.97 Å². The molecule has 2 aromatic carbocycles. The molecule has 0 unspecified atom stereocenters. The van der Waals surface area contributed by atoms with Gasteiger partial charge in [0.25, 0.3) is 5.89 Å². The summed E-state index contributed by atoms with van der Waals surface area (Å²) in [6, 6.07) is 11.0. The Labute approximate surface area is 126 Å². The van der Waals surface area contributed by atoms with Gasteiger partial charge in [0.05, 0.1) is 12.7 Å². The molecule has 0 fully saturated rings. The minimum absolute atomic E-state index is 0.0413. The van der Waals surface area contributed by atoms with E-state index in [1.807, 2.05) is 24.3 Å². The molecule has 0 amide bonds. The fraction of sp³-hybridized carbons (Fsp3) is 0.188. The van der Waals surface area contributed by atoms with Crippen molar-refractivity contribution in [1.82, 2.24) is 10.1 Å². The summed E-state index contributed by atoms with van der Waals surface area (Å²) in [5.74, 6) is 1.12. The minimum atomic E-state index is -0.437. The number of aromatic nitrogens is 2. The van der Waals surface area contributed by atoms with Crippen LogP contribution in [0.25, 0.3) is 10.8 Å². The summed E-state index contributed by atoms with van der Waals surface area (Å²) in [5, 5.41) is 5.56. The number of carbonyl (C=O) groups is 1. The molecule has 0 saturated carbocycles. The van der Waals surface area contributed by atoms with E-state index in [0.717, 1.165) is 16.5 Å². The maximum atomic E-state index is 12.1. The van der Waals surface area contributed by atoms with Crippen LogP contribution in [0.2, 0.25) is 0 Å². The van der Waals surface area contributed by atoms with Crippen LogP contribution in [0.15, 0.2) is 40.9 Å². The third-order valence-corrected chi connectivity index (χ3v) is 3.18. The number of benzene rings is 2. The lowest BCUT2D eigenvalue weighted by molar-refractivity contribution is 0.0430. The summed E-state index contributed by atoms with van der Waals surface area (Å²) in [6.07, 6.45) is 0. The predicted molar refractivity (Wildman–Crippen MR) is 78.7 cm³/mol. The van der Waals surface area contributed by atoms with E-state index >= 15 is 0 Å². The molecule has 0 saturated heterocycles. The smallest absolute Gasteiger partial charge is 0.338 e. The lowest BCUT2D eigenvalue weighted by Crippen LogP contribution is -2.05. The molecule has 0 spiro atoms. The highest BCUT2D eigenvalue weighted by Gasteiger charge is 2.11. The van der Waals surface area contributed by atoms with Crippen LogP contribution in [0.1, 0.15) is 22.1 Å². The second-order valence-electron chi connectivity index (χ2n) is 4.74. The van der Waals surface area contributed by atoms with Gasteiger partial charge < -0.3 is 14.0 Å². The van der Waals surface area contributed by atoms with Crippen LogP contribution < -0.4 is 4.74 Å². The minimum Gasteiger partial charge on any atom is -0.497 e. The van der Waals surface area contributed by atoms with Gasteiger partial charge in [-0.25, -0.2) is 4.79 Å². The number of methoxy groups -OCH3 is 1. The van der Waals surface area contributed by atoms with E-state index in [1.165, 1.54) is 0 Å². The van der Waals surface area contributed by atoms with Gasteiger partial charge in [0, 0.05) is 0 Å². The van der Waals surface area contributed by atoms with Gasteiger partial charge in [-0.2, -0.15) is 4.98 Å². The van der Waals surface area contributed by atoms with E-state index in [9.17, 15) is 4.79 Å². The molecule has 112 valence electrons. The van der Waals surface area contributed by atoms with Gasteiger partial charge in [-0.1, -0.05) is 17.3 Å². The van der Waals surface area contributed by atoms with Crippen LogP contribution in [-0.4, -0.2) is 23.2 Å². The molecule has 0 N–H and O–H groups in total. The van der Waals surface area contributed by atoms with E-state index in [0.29, 0.717) is 11.4 Å². The Morgan fingerprint density at radius 1 is 1.18 bits per heavy atom. The molecule has 0 atom stereocenters. The largest absolute Gasteiger partial charge is 0.497 e. The van der Waals surface area contributed by atoms with Gasteiger partial charge in [0.1, 0.15) is 5.75 Å². The summed E-state index contributed by atoms with van der Waals surface area (Å²) in [4.78, 5) is 16.0. The monoisotopic (exact) mass is 298 g/mol. The van der Waals surface area contributed by atoms with E-state index in [4.69, 9.17) is 14.0 Å². The molecular weight excluding hydrogens is 284 g/mol. The molecule has 1 aromatic heterocycles. The number of hydrogen-bond donors (Lipinski definition) is 0. The lowest BCUT2D eigenvalue weighted by atomic mass is 10.1. The Kier molecular flexibility index (Phi) is 3.74. The number of rotatable bonds is 4. The van der Waals surface area contributed by atoms with E-state index in [2.05, 4.69) is 10.1 Å². The molecule has 0 bridgehead atoms. The molecule has 22 heavy (non-hydrogen) atoms. The maximum absolute atomic E-state index is 12.1. The van der Waals surface area contributed by atoms with Crippen LogP contribution in [0.4, 0.5) is 0 Å².